The number of benzene rings is 1. The van der Waals surface area contributed by atoms with Gasteiger partial charge in [-0.2, -0.15) is 11.8 Å². The lowest BCUT2D eigenvalue weighted by atomic mass is 9.95. The molecule has 1 aliphatic rings. The number of ether oxygens (including phenoxy) is 1. The highest BCUT2D eigenvalue weighted by molar-refractivity contribution is 7.99. The van der Waals surface area contributed by atoms with Crippen molar-refractivity contribution < 1.29 is 4.74 Å². The molecule has 1 aliphatic heterocycles. The minimum Gasteiger partial charge on any atom is -0.490 e. The molecule has 2 atom stereocenters. The van der Waals surface area contributed by atoms with Gasteiger partial charge in [0.1, 0.15) is 11.9 Å². The van der Waals surface area contributed by atoms with Crippen molar-refractivity contribution in [2.75, 3.05) is 18.6 Å². The van der Waals surface area contributed by atoms with Crippen LogP contribution in [0.1, 0.15) is 31.4 Å². The van der Waals surface area contributed by atoms with Crippen LogP contribution in [0.15, 0.2) is 24.3 Å². The van der Waals surface area contributed by atoms with Gasteiger partial charge in [-0.05, 0) is 31.0 Å². The van der Waals surface area contributed by atoms with Crippen LogP contribution in [0, 0.1) is 0 Å². The van der Waals surface area contributed by atoms with Gasteiger partial charge in [-0.1, -0.05) is 25.1 Å². The first-order chi connectivity index (χ1) is 8.35. The lowest BCUT2D eigenvalue weighted by molar-refractivity contribution is 0.149. The summed E-state index contributed by atoms with van der Waals surface area (Å²) in [6.07, 6.45) is 2.59. The number of thioether (sulfide) groups is 1. The highest BCUT2D eigenvalue weighted by Crippen LogP contribution is 2.35. The van der Waals surface area contributed by atoms with E-state index in [9.17, 15) is 0 Å². The van der Waals surface area contributed by atoms with Crippen molar-refractivity contribution in [3.05, 3.63) is 29.8 Å². The molecule has 2 unspecified atom stereocenters. The number of hydrogen-bond acceptors (Lipinski definition) is 3. The van der Waals surface area contributed by atoms with E-state index in [0.29, 0.717) is 12.1 Å². The van der Waals surface area contributed by atoms with Crippen molar-refractivity contribution in [2.45, 2.75) is 31.9 Å². The molecule has 94 valence electrons. The Morgan fingerprint density at radius 2 is 2.24 bits per heavy atom. The lowest BCUT2D eigenvalue weighted by Crippen LogP contribution is -2.31. The number of hydrogen-bond donors (Lipinski definition) is 1. The summed E-state index contributed by atoms with van der Waals surface area (Å²) in [6.45, 7) is 2.21. The monoisotopic (exact) mass is 251 g/mol. The molecule has 0 saturated heterocycles. The molecule has 0 amide bonds. The van der Waals surface area contributed by atoms with Crippen LogP contribution in [-0.4, -0.2) is 24.7 Å². The molecule has 0 aromatic heterocycles. The van der Waals surface area contributed by atoms with Gasteiger partial charge in [-0.15, -0.1) is 0 Å². The summed E-state index contributed by atoms with van der Waals surface area (Å²) in [7, 11) is 2.03. The first-order valence-corrected chi connectivity index (χ1v) is 7.51. The van der Waals surface area contributed by atoms with Crippen LogP contribution in [0.4, 0.5) is 0 Å². The average Bonchev–Trinajstić information content (AvgIpc) is 2.38. The average molecular weight is 251 g/mol. The maximum atomic E-state index is 6.06. The first kappa shape index (κ1) is 12.8. The molecule has 0 bridgehead atoms. The fraction of sp³-hybridized carbons (Fsp3) is 0.571. The summed E-state index contributed by atoms with van der Waals surface area (Å²) >= 11 is 1.99. The first-order valence-electron chi connectivity index (χ1n) is 6.35. The second kappa shape index (κ2) is 6.31. The second-order valence-electron chi connectivity index (χ2n) is 4.34. The second-order valence-corrected chi connectivity index (χ2v) is 5.73. The Hall–Kier alpha value is -0.670. The van der Waals surface area contributed by atoms with E-state index in [1.54, 1.807) is 0 Å². The smallest absolute Gasteiger partial charge is 0.124 e. The summed E-state index contributed by atoms with van der Waals surface area (Å²) < 4.78 is 6.06. The highest BCUT2D eigenvalue weighted by Gasteiger charge is 2.26. The quantitative estimate of drug-likeness (QED) is 0.812. The van der Waals surface area contributed by atoms with Gasteiger partial charge in [0.25, 0.3) is 0 Å². The molecule has 2 rings (SSSR count). The SMILES string of the molecule is CCSCCC1CC(NC)c2ccccc2O1. The van der Waals surface area contributed by atoms with Gasteiger partial charge in [0, 0.05) is 18.0 Å². The van der Waals surface area contributed by atoms with E-state index >= 15 is 0 Å². The predicted molar refractivity (Wildman–Crippen MR) is 74.9 cm³/mol. The van der Waals surface area contributed by atoms with Crippen LogP contribution in [0.25, 0.3) is 0 Å². The maximum Gasteiger partial charge on any atom is 0.124 e. The maximum absolute atomic E-state index is 6.06. The third kappa shape index (κ3) is 3.17. The molecule has 0 aliphatic carbocycles. The van der Waals surface area contributed by atoms with E-state index in [-0.39, 0.29) is 0 Å². The molecule has 0 radical (unpaired) electrons. The van der Waals surface area contributed by atoms with E-state index < -0.39 is 0 Å². The zero-order chi connectivity index (χ0) is 12.1. The molecule has 3 heteroatoms. The van der Waals surface area contributed by atoms with Crippen LogP contribution in [0.5, 0.6) is 5.75 Å². The number of nitrogens with one attached hydrogen (secondary N) is 1. The van der Waals surface area contributed by atoms with Crippen molar-refractivity contribution in [3.8, 4) is 5.75 Å². The third-order valence-corrected chi connectivity index (χ3v) is 4.16. The van der Waals surface area contributed by atoms with Crippen LogP contribution < -0.4 is 10.1 Å². The van der Waals surface area contributed by atoms with E-state index in [0.717, 1.165) is 18.6 Å². The molecule has 1 N–H and O–H groups in total. The fourth-order valence-electron chi connectivity index (χ4n) is 2.30. The van der Waals surface area contributed by atoms with Crippen LogP contribution in [0.2, 0.25) is 0 Å². The normalized spacial score (nSPS) is 22.9. The van der Waals surface area contributed by atoms with Gasteiger partial charge >= 0.3 is 0 Å². The van der Waals surface area contributed by atoms with E-state index in [2.05, 4.69) is 36.5 Å². The zero-order valence-electron chi connectivity index (χ0n) is 10.6. The Labute approximate surface area is 108 Å². The largest absolute Gasteiger partial charge is 0.490 e. The summed E-state index contributed by atoms with van der Waals surface area (Å²) in [5, 5.41) is 3.39. The number of rotatable bonds is 5. The van der Waals surface area contributed by atoms with E-state index in [1.807, 2.05) is 18.8 Å². The summed E-state index contributed by atoms with van der Waals surface area (Å²) in [5.74, 6) is 3.45. The van der Waals surface area contributed by atoms with Gasteiger partial charge in [-0.3, -0.25) is 0 Å². The Bertz CT molecular complexity index is 356. The molecule has 1 aromatic rings. The van der Waals surface area contributed by atoms with Crippen molar-refractivity contribution in [3.63, 3.8) is 0 Å². The Kier molecular flexibility index (Phi) is 4.75. The molecular weight excluding hydrogens is 230 g/mol. The number of para-hydroxylation sites is 1. The van der Waals surface area contributed by atoms with Gasteiger partial charge in [0.05, 0.1) is 0 Å². The summed E-state index contributed by atoms with van der Waals surface area (Å²) in [4.78, 5) is 0. The van der Waals surface area contributed by atoms with Crippen LogP contribution in [-0.2, 0) is 0 Å². The molecule has 0 saturated carbocycles. The minimum atomic E-state index is 0.362. The third-order valence-electron chi connectivity index (χ3n) is 3.22. The van der Waals surface area contributed by atoms with E-state index in [1.165, 1.54) is 17.1 Å². The molecule has 17 heavy (non-hydrogen) atoms. The van der Waals surface area contributed by atoms with Gasteiger partial charge < -0.3 is 10.1 Å². The molecule has 0 spiro atoms. The van der Waals surface area contributed by atoms with Crippen molar-refractivity contribution in [2.24, 2.45) is 0 Å². The molecular formula is C14H21NOS. The minimum absolute atomic E-state index is 0.362. The molecule has 1 heterocycles. The summed E-state index contributed by atoms with van der Waals surface area (Å²) in [5.41, 5.74) is 1.30. The standard InChI is InChI=1S/C14H21NOS/c1-3-17-9-8-11-10-13(15-2)12-6-4-5-7-14(12)16-11/h4-7,11,13,15H,3,8-10H2,1-2H3. The molecule has 1 aromatic carbocycles. The predicted octanol–water partition coefficient (Wildman–Crippen LogP) is 3.24. The van der Waals surface area contributed by atoms with E-state index in [4.69, 9.17) is 4.74 Å². The topological polar surface area (TPSA) is 21.3 Å². The Morgan fingerprint density at radius 1 is 1.41 bits per heavy atom. The zero-order valence-corrected chi connectivity index (χ0v) is 11.4. The van der Waals surface area contributed by atoms with Crippen molar-refractivity contribution in [1.82, 2.24) is 5.32 Å². The van der Waals surface area contributed by atoms with Crippen LogP contribution in [0.3, 0.4) is 0 Å². The Balaban J connectivity index is 2.02. The van der Waals surface area contributed by atoms with Gasteiger partial charge in [0.2, 0.25) is 0 Å². The van der Waals surface area contributed by atoms with Gasteiger partial charge in [0.15, 0.2) is 0 Å². The highest BCUT2D eigenvalue weighted by atomic mass is 32.2. The van der Waals surface area contributed by atoms with Gasteiger partial charge in [-0.25, -0.2) is 0 Å². The number of fused-ring (bicyclic) bond motifs is 1. The van der Waals surface area contributed by atoms with Crippen LogP contribution >= 0.6 is 11.8 Å². The molecule has 2 nitrogen and oxygen atoms in total. The fourth-order valence-corrected chi connectivity index (χ4v) is 3.02. The van der Waals surface area contributed by atoms with Crippen molar-refractivity contribution in [1.29, 1.82) is 0 Å². The van der Waals surface area contributed by atoms with Crippen molar-refractivity contribution >= 4 is 11.8 Å². The lowest BCUT2D eigenvalue weighted by Gasteiger charge is -2.32. The summed E-state index contributed by atoms with van der Waals surface area (Å²) in [6, 6.07) is 8.82. The molecule has 0 fully saturated rings. The Morgan fingerprint density at radius 3 is 3.00 bits per heavy atom.